The third-order valence-electron chi connectivity index (χ3n) is 3.30. The lowest BCUT2D eigenvalue weighted by Gasteiger charge is -2.19. The van der Waals surface area contributed by atoms with Crippen LogP contribution in [0.2, 0.25) is 0 Å². The lowest BCUT2D eigenvalue weighted by atomic mass is 9.98. The van der Waals surface area contributed by atoms with Crippen LogP contribution in [-0.4, -0.2) is 17.2 Å². The molecule has 0 amide bonds. The normalized spacial score (nSPS) is 12.4. The fourth-order valence-electron chi connectivity index (χ4n) is 2.20. The van der Waals surface area contributed by atoms with Crippen LogP contribution in [0.25, 0.3) is 0 Å². The molecule has 1 aromatic carbocycles. The van der Waals surface area contributed by atoms with Gasteiger partial charge in [-0.3, -0.25) is 0 Å². The SMILES string of the molecule is CNC(Cc1ccc(F)cc1Br)c1cc(C)nnc1C. The average Bonchev–Trinajstić information content (AvgIpc) is 2.41. The number of hydrogen-bond donors (Lipinski definition) is 1. The van der Waals surface area contributed by atoms with E-state index in [0.29, 0.717) is 0 Å². The molecule has 0 saturated carbocycles. The van der Waals surface area contributed by atoms with Crippen molar-refractivity contribution in [3.63, 3.8) is 0 Å². The number of rotatable bonds is 4. The molecule has 0 fully saturated rings. The molecule has 2 rings (SSSR count). The van der Waals surface area contributed by atoms with Gasteiger partial charge in [0.15, 0.2) is 0 Å². The zero-order valence-corrected chi connectivity index (χ0v) is 13.3. The van der Waals surface area contributed by atoms with Gasteiger partial charge >= 0.3 is 0 Å². The molecule has 1 aromatic heterocycles. The Hall–Kier alpha value is -1.33. The van der Waals surface area contributed by atoms with Crippen LogP contribution in [0.15, 0.2) is 28.7 Å². The molecule has 20 heavy (non-hydrogen) atoms. The minimum Gasteiger partial charge on any atom is -0.313 e. The van der Waals surface area contributed by atoms with Crippen LogP contribution in [0.3, 0.4) is 0 Å². The lowest BCUT2D eigenvalue weighted by molar-refractivity contribution is 0.578. The molecular weight excluding hydrogens is 321 g/mol. The van der Waals surface area contributed by atoms with Gasteiger partial charge in [0.25, 0.3) is 0 Å². The highest BCUT2D eigenvalue weighted by Gasteiger charge is 2.16. The summed E-state index contributed by atoms with van der Waals surface area (Å²) in [6.07, 6.45) is 0.753. The quantitative estimate of drug-likeness (QED) is 0.927. The highest BCUT2D eigenvalue weighted by molar-refractivity contribution is 9.10. The number of hydrogen-bond acceptors (Lipinski definition) is 3. The maximum absolute atomic E-state index is 13.1. The van der Waals surface area contributed by atoms with Gasteiger partial charge in [0.2, 0.25) is 0 Å². The summed E-state index contributed by atoms with van der Waals surface area (Å²) < 4.78 is 13.9. The van der Waals surface area contributed by atoms with Crippen LogP contribution in [0.1, 0.15) is 28.6 Å². The maximum Gasteiger partial charge on any atom is 0.124 e. The minimum absolute atomic E-state index is 0.117. The van der Waals surface area contributed by atoms with Gasteiger partial charge in [0, 0.05) is 10.5 Å². The van der Waals surface area contributed by atoms with Crippen LogP contribution in [0.4, 0.5) is 4.39 Å². The van der Waals surface area contributed by atoms with Crippen LogP contribution in [0.5, 0.6) is 0 Å². The Morgan fingerprint density at radius 3 is 2.65 bits per heavy atom. The summed E-state index contributed by atoms with van der Waals surface area (Å²) in [4.78, 5) is 0. The standard InChI is InChI=1S/C15H17BrFN3/c1-9-6-13(10(2)20-19-9)15(18-3)7-11-4-5-12(17)8-14(11)16/h4-6,8,15,18H,7H2,1-3H3. The fraction of sp³-hybridized carbons (Fsp3) is 0.333. The molecule has 3 nitrogen and oxygen atoms in total. The summed E-state index contributed by atoms with van der Waals surface area (Å²) in [5.41, 5.74) is 3.98. The van der Waals surface area contributed by atoms with E-state index in [1.54, 1.807) is 6.07 Å². The Morgan fingerprint density at radius 2 is 2.00 bits per heavy atom. The number of aromatic nitrogens is 2. The zero-order chi connectivity index (χ0) is 14.7. The van der Waals surface area contributed by atoms with Gasteiger partial charge < -0.3 is 5.32 Å². The number of benzene rings is 1. The zero-order valence-electron chi connectivity index (χ0n) is 11.7. The second kappa shape index (κ2) is 6.41. The molecule has 1 heterocycles. The van der Waals surface area contributed by atoms with E-state index in [0.717, 1.165) is 33.4 Å². The second-order valence-corrected chi connectivity index (χ2v) is 5.66. The van der Waals surface area contributed by atoms with Crippen molar-refractivity contribution in [3.8, 4) is 0 Å². The minimum atomic E-state index is -0.237. The topological polar surface area (TPSA) is 37.8 Å². The Morgan fingerprint density at radius 1 is 1.25 bits per heavy atom. The first-order chi connectivity index (χ1) is 9.51. The highest BCUT2D eigenvalue weighted by Crippen LogP contribution is 2.25. The largest absolute Gasteiger partial charge is 0.313 e. The number of halogens is 2. The summed E-state index contributed by atoms with van der Waals surface area (Å²) in [7, 11) is 1.91. The van der Waals surface area contributed by atoms with Crippen molar-refractivity contribution >= 4 is 15.9 Å². The van der Waals surface area contributed by atoms with E-state index in [1.807, 2.05) is 27.0 Å². The third kappa shape index (κ3) is 3.41. The molecule has 1 unspecified atom stereocenters. The van der Waals surface area contributed by atoms with Gasteiger partial charge in [-0.25, -0.2) is 4.39 Å². The van der Waals surface area contributed by atoms with Crippen LogP contribution in [-0.2, 0) is 6.42 Å². The molecular formula is C15H17BrFN3. The molecule has 0 aliphatic rings. The van der Waals surface area contributed by atoms with Gasteiger partial charge in [-0.2, -0.15) is 10.2 Å². The summed E-state index contributed by atoms with van der Waals surface area (Å²) >= 11 is 3.41. The first-order valence-electron chi connectivity index (χ1n) is 6.43. The van der Waals surface area contributed by atoms with Crippen LogP contribution >= 0.6 is 15.9 Å². The third-order valence-corrected chi connectivity index (χ3v) is 4.04. The molecule has 0 saturated heterocycles. The molecule has 106 valence electrons. The fourth-order valence-corrected chi connectivity index (χ4v) is 2.71. The van der Waals surface area contributed by atoms with E-state index in [9.17, 15) is 4.39 Å². The second-order valence-electron chi connectivity index (χ2n) is 4.81. The van der Waals surface area contributed by atoms with Crippen LogP contribution in [0, 0.1) is 19.7 Å². The van der Waals surface area contributed by atoms with E-state index in [1.165, 1.54) is 12.1 Å². The summed E-state index contributed by atoms with van der Waals surface area (Å²) in [6.45, 7) is 3.88. The summed E-state index contributed by atoms with van der Waals surface area (Å²) in [5, 5.41) is 11.5. The van der Waals surface area contributed by atoms with Crippen molar-refractivity contribution in [2.24, 2.45) is 0 Å². The van der Waals surface area contributed by atoms with Gasteiger partial charge in [0.1, 0.15) is 5.82 Å². The Kier molecular flexibility index (Phi) is 4.83. The predicted octanol–water partition coefficient (Wildman–Crippen LogP) is 3.50. The van der Waals surface area contributed by atoms with Gasteiger partial charge in [0.05, 0.1) is 11.4 Å². The molecule has 0 aliphatic carbocycles. The van der Waals surface area contributed by atoms with E-state index in [4.69, 9.17) is 0 Å². The van der Waals surface area contributed by atoms with Crippen LogP contribution < -0.4 is 5.32 Å². The first kappa shape index (κ1) is 15.1. The first-order valence-corrected chi connectivity index (χ1v) is 7.22. The van der Waals surface area contributed by atoms with Gasteiger partial charge in [-0.1, -0.05) is 22.0 Å². The molecule has 0 radical (unpaired) electrons. The van der Waals surface area contributed by atoms with Gasteiger partial charge in [-0.05, 0) is 56.6 Å². The maximum atomic E-state index is 13.1. The lowest BCUT2D eigenvalue weighted by Crippen LogP contribution is -2.21. The van der Waals surface area contributed by atoms with E-state index in [-0.39, 0.29) is 11.9 Å². The summed E-state index contributed by atoms with van der Waals surface area (Å²) in [6, 6.07) is 6.94. The Bertz CT molecular complexity index is 616. The highest BCUT2D eigenvalue weighted by atomic mass is 79.9. The number of nitrogens with zero attached hydrogens (tertiary/aromatic N) is 2. The average molecular weight is 338 g/mol. The van der Waals surface area contributed by atoms with Crippen molar-refractivity contribution in [3.05, 3.63) is 57.1 Å². The van der Waals surface area contributed by atoms with Crippen molar-refractivity contribution in [1.29, 1.82) is 0 Å². The molecule has 0 spiro atoms. The molecule has 0 aliphatic heterocycles. The Labute approximate surface area is 126 Å². The van der Waals surface area contributed by atoms with Crippen molar-refractivity contribution in [2.75, 3.05) is 7.05 Å². The molecule has 5 heteroatoms. The van der Waals surface area contributed by atoms with E-state index in [2.05, 4.69) is 31.4 Å². The molecule has 2 aromatic rings. The number of aryl methyl sites for hydroxylation is 2. The van der Waals surface area contributed by atoms with E-state index < -0.39 is 0 Å². The molecule has 1 atom stereocenters. The monoisotopic (exact) mass is 337 g/mol. The summed E-state index contributed by atoms with van der Waals surface area (Å²) in [5.74, 6) is -0.237. The Balaban J connectivity index is 2.31. The number of likely N-dealkylation sites (N-methyl/N-ethyl adjacent to an activating group) is 1. The predicted molar refractivity (Wildman–Crippen MR) is 81.1 cm³/mol. The smallest absolute Gasteiger partial charge is 0.124 e. The van der Waals surface area contributed by atoms with Crippen molar-refractivity contribution in [1.82, 2.24) is 15.5 Å². The van der Waals surface area contributed by atoms with E-state index >= 15 is 0 Å². The van der Waals surface area contributed by atoms with Crippen molar-refractivity contribution < 1.29 is 4.39 Å². The molecule has 0 bridgehead atoms. The van der Waals surface area contributed by atoms with Gasteiger partial charge in [-0.15, -0.1) is 0 Å². The number of nitrogens with one attached hydrogen (secondary N) is 1. The van der Waals surface area contributed by atoms with Crippen molar-refractivity contribution in [2.45, 2.75) is 26.3 Å². The molecule has 1 N–H and O–H groups in total.